The third-order valence-electron chi connectivity index (χ3n) is 3.40. The van der Waals surface area contributed by atoms with Gasteiger partial charge in [-0.25, -0.2) is 4.79 Å². The largest absolute Gasteiger partial charge is 0.393 e. The fourth-order valence-corrected chi connectivity index (χ4v) is 2.23. The van der Waals surface area contributed by atoms with Crippen molar-refractivity contribution in [1.82, 2.24) is 9.55 Å². The molecule has 4 N–H and O–H groups in total. The first-order valence-electron chi connectivity index (χ1n) is 5.70. The monoisotopic (exact) mass is 255 g/mol. The summed E-state index contributed by atoms with van der Waals surface area (Å²) in [5.41, 5.74) is 3.79. The van der Waals surface area contributed by atoms with Gasteiger partial charge in [0.05, 0.1) is 12.7 Å². The Balaban J connectivity index is 2.38. The minimum Gasteiger partial charge on any atom is -0.393 e. The lowest BCUT2D eigenvalue weighted by Crippen LogP contribution is -2.41. The molecule has 0 spiro atoms. The van der Waals surface area contributed by atoms with E-state index >= 15 is 0 Å². The van der Waals surface area contributed by atoms with Gasteiger partial charge in [0.25, 0.3) is 0 Å². The van der Waals surface area contributed by atoms with Crippen LogP contribution in [0.25, 0.3) is 0 Å². The summed E-state index contributed by atoms with van der Waals surface area (Å²) in [4.78, 5) is 15.3. The maximum atomic E-state index is 11.7. The van der Waals surface area contributed by atoms with Crippen molar-refractivity contribution in [2.75, 3.05) is 12.3 Å². The summed E-state index contributed by atoms with van der Waals surface area (Å²) in [6.45, 7) is 3.02. The zero-order valence-corrected chi connectivity index (χ0v) is 10.3. The SMILES string of the molecule is C[C@@H]1[C@H](n2ccc(N)nc2=O)O[C@](C)(CO)[C@H]1O. The molecular weight excluding hydrogens is 238 g/mol. The second-order valence-corrected chi connectivity index (χ2v) is 4.83. The van der Waals surface area contributed by atoms with E-state index in [4.69, 9.17) is 10.5 Å². The van der Waals surface area contributed by atoms with Gasteiger partial charge in [-0.3, -0.25) is 4.57 Å². The molecule has 0 aliphatic carbocycles. The van der Waals surface area contributed by atoms with Crippen molar-refractivity contribution in [1.29, 1.82) is 0 Å². The maximum absolute atomic E-state index is 11.7. The van der Waals surface area contributed by atoms with Gasteiger partial charge in [0.2, 0.25) is 0 Å². The quantitative estimate of drug-likeness (QED) is 0.631. The molecule has 0 unspecified atom stereocenters. The third-order valence-corrected chi connectivity index (χ3v) is 3.40. The zero-order valence-electron chi connectivity index (χ0n) is 10.3. The minimum atomic E-state index is -1.08. The van der Waals surface area contributed by atoms with Gasteiger partial charge in [0.1, 0.15) is 17.6 Å². The van der Waals surface area contributed by atoms with Gasteiger partial charge in [-0.05, 0) is 13.0 Å². The Hall–Kier alpha value is -1.44. The molecule has 0 saturated carbocycles. The van der Waals surface area contributed by atoms with E-state index < -0.39 is 23.6 Å². The van der Waals surface area contributed by atoms with Gasteiger partial charge >= 0.3 is 5.69 Å². The predicted octanol–water partition coefficient (Wildman–Crippen LogP) is -0.898. The lowest BCUT2D eigenvalue weighted by molar-refractivity contribution is -0.117. The smallest absolute Gasteiger partial charge is 0.351 e. The molecule has 7 nitrogen and oxygen atoms in total. The van der Waals surface area contributed by atoms with E-state index in [1.807, 2.05) is 0 Å². The molecule has 4 atom stereocenters. The number of aromatic nitrogens is 2. The van der Waals surface area contributed by atoms with Gasteiger partial charge in [-0.1, -0.05) is 6.92 Å². The average Bonchev–Trinajstić information content (AvgIpc) is 2.55. The highest BCUT2D eigenvalue weighted by atomic mass is 16.6. The fourth-order valence-electron chi connectivity index (χ4n) is 2.23. The molecule has 18 heavy (non-hydrogen) atoms. The second-order valence-electron chi connectivity index (χ2n) is 4.83. The molecule has 100 valence electrons. The van der Waals surface area contributed by atoms with Crippen molar-refractivity contribution < 1.29 is 14.9 Å². The summed E-state index contributed by atoms with van der Waals surface area (Å²) in [6.07, 6.45) is -0.0588. The summed E-state index contributed by atoms with van der Waals surface area (Å²) >= 11 is 0. The maximum Gasteiger partial charge on any atom is 0.351 e. The number of nitrogen functional groups attached to an aromatic ring is 1. The van der Waals surface area contributed by atoms with Crippen LogP contribution in [0.2, 0.25) is 0 Å². The first-order valence-corrected chi connectivity index (χ1v) is 5.70. The molecule has 0 aromatic carbocycles. The number of hydrogen-bond donors (Lipinski definition) is 3. The molecule has 1 fully saturated rings. The summed E-state index contributed by atoms with van der Waals surface area (Å²) in [5, 5.41) is 19.3. The van der Waals surface area contributed by atoms with Crippen LogP contribution in [0.3, 0.4) is 0 Å². The molecule has 2 heterocycles. The van der Waals surface area contributed by atoms with Gasteiger partial charge in [-0.2, -0.15) is 4.98 Å². The number of hydrogen-bond acceptors (Lipinski definition) is 6. The van der Waals surface area contributed by atoms with Crippen LogP contribution in [0, 0.1) is 5.92 Å². The molecule has 1 aliphatic heterocycles. The summed E-state index contributed by atoms with van der Waals surface area (Å²) < 4.78 is 6.88. The molecule has 1 aliphatic rings. The Morgan fingerprint density at radius 2 is 2.33 bits per heavy atom. The Labute approximate surface area is 104 Å². The Morgan fingerprint density at radius 3 is 2.83 bits per heavy atom. The van der Waals surface area contributed by atoms with Crippen LogP contribution in [0.5, 0.6) is 0 Å². The van der Waals surface area contributed by atoms with Crippen molar-refractivity contribution in [3.8, 4) is 0 Å². The van der Waals surface area contributed by atoms with Crippen LogP contribution < -0.4 is 11.4 Å². The lowest BCUT2D eigenvalue weighted by Gasteiger charge is -2.25. The second kappa shape index (κ2) is 4.34. The van der Waals surface area contributed by atoms with Gasteiger partial charge in [0, 0.05) is 12.1 Å². The molecule has 0 radical (unpaired) electrons. The number of ether oxygens (including phenoxy) is 1. The van der Waals surface area contributed by atoms with E-state index in [-0.39, 0.29) is 18.3 Å². The first-order chi connectivity index (χ1) is 8.39. The van der Waals surface area contributed by atoms with Crippen molar-refractivity contribution in [2.24, 2.45) is 5.92 Å². The lowest BCUT2D eigenvalue weighted by atomic mass is 9.93. The van der Waals surface area contributed by atoms with Gasteiger partial charge in [-0.15, -0.1) is 0 Å². The molecule has 1 aromatic rings. The van der Waals surface area contributed by atoms with Crippen molar-refractivity contribution in [3.05, 3.63) is 22.7 Å². The van der Waals surface area contributed by atoms with Gasteiger partial charge in [0.15, 0.2) is 0 Å². The number of rotatable bonds is 2. The number of aliphatic hydroxyl groups excluding tert-OH is 2. The number of anilines is 1. The third kappa shape index (κ3) is 1.90. The Morgan fingerprint density at radius 1 is 1.67 bits per heavy atom. The van der Waals surface area contributed by atoms with E-state index in [0.29, 0.717) is 0 Å². The topological polar surface area (TPSA) is 111 Å². The van der Waals surface area contributed by atoms with E-state index in [1.165, 1.54) is 16.8 Å². The molecular formula is C11H17N3O4. The van der Waals surface area contributed by atoms with Crippen LogP contribution in [0.4, 0.5) is 5.82 Å². The highest BCUT2D eigenvalue weighted by Crippen LogP contribution is 2.40. The summed E-state index contributed by atoms with van der Waals surface area (Å²) in [6, 6.07) is 1.48. The average molecular weight is 255 g/mol. The fraction of sp³-hybridized carbons (Fsp3) is 0.636. The Kier molecular flexibility index (Phi) is 3.14. The Bertz CT molecular complexity index is 503. The van der Waals surface area contributed by atoms with Crippen LogP contribution >= 0.6 is 0 Å². The summed E-state index contributed by atoms with van der Waals surface area (Å²) in [7, 11) is 0. The van der Waals surface area contributed by atoms with Crippen LogP contribution in [-0.2, 0) is 4.74 Å². The number of aliphatic hydroxyl groups is 2. The zero-order chi connectivity index (χ0) is 13.5. The van der Waals surface area contributed by atoms with E-state index in [2.05, 4.69) is 4.98 Å². The normalized spacial score (nSPS) is 35.9. The molecule has 1 saturated heterocycles. The van der Waals surface area contributed by atoms with Gasteiger partial charge < -0.3 is 20.7 Å². The molecule has 0 bridgehead atoms. The van der Waals surface area contributed by atoms with Crippen LogP contribution in [0.1, 0.15) is 20.1 Å². The van der Waals surface area contributed by atoms with Crippen LogP contribution in [0.15, 0.2) is 17.1 Å². The minimum absolute atomic E-state index is 0.132. The number of nitrogens with two attached hydrogens (primary N) is 1. The van der Waals surface area contributed by atoms with Crippen LogP contribution in [-0.4, -0.2) is 38.1 Å². The van der Waals surface area contributed by atoms with Crippen molar-refractivity contribution in [3.63, 3.8) is 0 Å². The van der Waals surface area contributed by atoms with Crippen molar-refractivity contribution in [2.45, 2.75) is 31.8 Å². The predicted molar refractivity (Wildman–Crippen MR) is 63.7 cm³/mol. The molecule has 1 aromatic heterocycles. The molecule has 0 amide bonds. The highest BCUT2D eigenvalue weighted by molar-refractivity contribution is 5.23. The summed E-state index contributed by atoms with van der Waals surface area (Å²) in [5.74, 6) is -0.211. The van der Waals surface area contributed by atoms with E-state index in [0.717, 1.165) is 0 Å². The number of nitrogens with zero attached hydrogens (tertiary/aromatic N) is 2. The standard InChI is InChI=1S/C11H17N3O4/c1-6-8(16)11(2,5-15)18-9(6)14-4-3-7(12)13-10(14)17/h3-4,6,8-9,15-16H,5H2,1-2H3,(H2,12,13,17)/t6-,8-,9+,11+/m0/s1. The first kappa shape index (κ1) is 13.0. The van der Waals surface area contributed by atoms with Crippen molar-refractivity contribution >= 4 is 5.82 Å². The molecule has 7 heteroatoms. The molecule has 2 rings (SSSR count). The van der Waals surface area contributed by atoms with E-state index in [9.17, 15) is 15.0 Å². The highest BCUT2D eigenvalue weighted by Gasteiger charge is 2.50. The van der Waals surface area contributed by atoms with E-state index in [1.54, 1.807) is 13.8 Å².